The predicted octanol–water partition coefficient (Wildman–Crippen LogP) is 1.06. The van der Waals surface area contributed by atoms with Crippen LogP contribution in [0.5, 0.6) is 0 Å². The van der Waals surface area contributed by atoms with Crippen molar-refractivity contribution in [1.82, 2.24) is 4.90 Å². The normalized spacial score (nSPS) is 29.1. The summed E-state index contributed by atoms with van der Waals surface area (Å²) < 4.78 is 0. The molecule has 1 heterocycles. The van der Waals surface area contributed by atoms with Crippen LogP contribution in [0, 0.1) is 5.92 Å². The Morgan fingerprint density at radius 2 is 2.29 bits per heavy atom. The summed E-state index contributed by atoms with van der Waals surface area (Å²) in [5, 5.41) is 9.53. The molecular formula is C11H21NO2. The van der Waals surface area contributed by atoms with E-state index in [1.165, 1.54) is 0 Å². The molecule has 0 amide bonds. The van der Waals surface area contributed by atoms with Gasteiger partial charge in [0.2, 0.25) is 0 Å². The smallest absolute Gasteiger partial charge is 0.129 e. The summed E-state index contributed by atoms with van der Waals surface area (Å²) in [6, 6.07) is 0. The Kier molecular flexibility index (Phi) is 4.55. The second-order valence-electron chi connectivity index (χ2n) is 4.44. The van der Waals surface area contributed by atoms with E-state index in [2.05, 4.69) is 11.8 Å². The zero-order valence-corrected chi connectivity index (χ0v) is 9.20. The Bertz CT molecular complexity index is 194. The molecule has 3 heteroatoms. The Hall–Kier alpha value is -0.410. The molecule has 1 fully saturated rings. The van der Waals surface area contributed by atoms with Crippen molar-refractivity contribution in [2.45, 2.75) is 39.2 Å². The number of hydrogen-bond acceptors (Lipinski definition) is 3. The van der Waals surface area contributed by atoms with Crippen LogP contribution in [0.4, 0.5) is 0 Å². The molecular weight excluding hydrogens is 178 g/mol. The molecule has 0 bridgehead atoms. The summed E-state index contributed by atoms with van der Waals surface area (Å²) in [6.45, 7) is 6.67. The van der Waals surface area contributed by atoms with Gasteiger partial charge in [-0.3, -0.25) is 0 Å². The third-order valence-corrected chi connectivity index (χ3v) is 2.95. The number of ketones is 1. The van der Waals surface area contributed by atoms with E-state index in [9.17, 15) is 9.90 Å². The molecule has 2 unspecified atom stereocenters. The SMILES string of the molecule is CC(=O)CCCN1CCC(O)C(C)C1. The molecule has 0 aromatic heterocycles. The van der Waals surface area contributed by atoms with Gasteiger partial charge in [-0.05, 0) is 32.2 Å². The highest BCUT2D eigenvalue weighted by Gasteiger charge is 2.23. The second kappa shape index (κ2) is 5.47. The van der Waals surface area contributed by atoms with E-state index in [4.69, 9.17) is 0 Å². The van der Waals surface area contributed by atoms with Crippen LogP contribution >= 0.6 is 0 Å². The van der Waals surface area contributed by atoms with Crippen molar-refractivity contribution >= 4 is 5.78 Å². The van der Waals surface area contributed by atoms with Gasteiger partial charge in [0.1, 0.15) is 5.78 Å². The predicted molar refractivity (Wildman–Crippen MR) is 56.1 cm³/mol. The number of carbonyl (C=O) groups excluding carboxylic acids is 1. The molecule has 0 aromatic rings. The molecule has 1 saturated heterocycles. The van der Waals surface area contributed by atoms with Crippen LogP contribution in [0.15, 0.2) is 0 Å². The van der Waals surface area contributed by atoms with E-state index in [-0.39, 0.29) is 11.9 Å². The van der Waals surface area contributed by atoms with Crippen molar-refractivity contribution in [1.29, 1.82) is 0 Å². The summed E-state index contributed by atoms with van der Waals surface area (Å²) in [4.78, 5) is 13.1. The average molecular weight is 199 g/mol. The van der Waals surface area contributed by atoms with E-state index in [1.807, 2.05) is 0 Å². The molecule has 0 spiro atoms. The average Bonchev–Trinajstić information content (AvgIpc) is 2.10. The number of likely N-dealkylation sites (tertiary alicyclic amines) is 1. The van der Waals surface area contributed by atoms with Crippen LogP contribution in [-0.4, -0.2) is 41.5 Å². The fourth-order valence-corrected chi connectivity index (χ4v) is 1.97. The topological polar surface area (TPSA) is 40.5 Å². The van der Waals surface area contributed by atoms with E-state index in [1.54, 1.807) is 6.92 Å². The van der Waals surface area contributed by atoms with E-state index in [0.717, 1.165) is 32.5 Å². The maximum absolute atomic E-state index is 10.7. The van der Waals surface area contributed by atoms with Gasteiger partial charge in [-0.1, -0.05) is 6.92 Å². The minimum absolute atomic E-state index is 0.126. The summed E-state index contributed by atoms with van der Waals surface area (Å²) in [7, 11) is 0. The van der Waals surface area contributed by atoms with Gasteiger partial charge in [0, 0.05) is 19.5 Å². The number of aliphatic hydroxyl groups is 1. The number of piperidine rings is 1. The van der Waals surface area contributed by atoms with Crippen LogP contribution in [0.1, 0.15) is 33.1 Å². The maximum atomic E-state index is 10.7. The molecule has 1 rings (SSSR count). The van der Waals surface area contributed by atoms with E-state index >= 15 is 0 Å². The van der Waals surface area contributed by atoms with Crippen molar-refractivity contribution in [2.75, 3.05) is 19.6 Å². The van der Waals surface area contributed by atoms with Gasteiger partial charge in [0.25, 0.3) is 0 Å². The molecule has 0 saturated carbocycles. The van der Waals surface area contributed by atoms with Gasteiger partial charge in [0.15, 0.2) is 0 Å². The van der Waals surface area contributed by atoms with Gasteiger partial charge in [0.05, 0.1) is 6.10 Å². The van der Waals surface area contributed by atoms with Gasteiger partial charge in [-0.15, -0.1) is 0 Å². The first-order valence-corrected chi connectivity index (χ1v) is 5.49. The van der Waals surface area contributed by atoms with Crippen LogP contribution < -0.4 is 0 Å². The third-order valence-electron chi connectivity index (χ3n) is 2.95. The summed E-state index contributed by atoms with van der Waals surface area (Å²) >= 11 is 0. The molecule has 3 nitrogen and oxygen atoms in total. The quantitative estimate of drug-likeness (QED) is 0.736. The first-order valence-electron chi connectivity index (χ1n) is 5.49. The number of Topliss-reactive ketones (excluding diaryl/α,β-unsaturated/α-hetero) is 1. The molecule has 1 aliphatic rings. The monoisotopic (exact) mass is 199 g/mol. The summed E-state index contributed by atoms with van der Waals surface area (Å²) in [5.74, 6) is 0.649. The zero-order valence-electron chi connectivity index (χ0n) is 9.20. The summed E-state index contributed by atoms with van der Waals surface area (Å²) in [6.07, 6.45) is 2.39. The largest absolute Gasteiger partial charge is 0.393 e. The third kappa shape index (κ3) is 3.76. The molecule has 2 atom stereocenters. The molecule has 14 heavy (non-hydrogen) atoms. The lowest BCUT2D eigenvalue weighted by atomic mass is 9.96. The van der Waals surface area contributed by atoms with Crippen molar-refractivity contribution in [3.05, 3.63) is 0 Å². The second-order valence-corrected chi connectivity index (χ2v) is 4.44. The number of rotatable bonds is 4. The van der Waals surface area contributed by atoms with E-state index < -0.39 is 0 Å². The minimum Gasteiger partial charge on any atom is -0.393 e. The van der Waals surface area contributed by atoms with Crippen LogP contribution in [0.25, 0.3) is 0 Å². The highest BCUT2D eigenvalue weighted by atomic mass is 16.3. The zero-order chi connectivity index (χ0) is 10.6. The Balaban J connectivity index is 2.16. The van der Waals surface area contributed by atoms with Gasteiger partial charge in [-0.2, -0.15) is 0 Å². The lowest BCUT2D eigenvalue weighted by Crippen LogP contribution is -2.42. The lowest BCUT2D eigenvalue weighted by Gasteiger charge is -2.34. The van der Waals surface area contributed by atoms with Crippen LogP contribution in [0.2, 0.25) is 0 Å². The molecule has 82 valence electrons. The molecule has 0 aromatic carbocycles. The number of hydrogen-bond donors (Lipinski definition) is 1. The highest BCUT2D eigenvalue weighted by Crippen LogP contribution is 2.16. The Morgan fingerprint density at radius 3 is 2.86 bits per heavy atom. The van der Waals surface area contributed by atoms with Crippen molar-refractivity contribution < 1.29 is 9.90 Å². The van der Waals surface area contributed by atoms with Gasteiger partial charge < -0.3 is 14.8 Å². The number of aliphatic hydroxyl groups excluding tert-OH is 1. The molecule has 0 radical (unpaired) electrons. The van der Waals surface area contributed by atoms with Crippen LogP contribution in [0.3, 0.4) is 0 Å². The Morgan fingerprint density at radius 1 is 1.57 bits per heavy atom. The standard InChI is InChI=1S/C11H21NO2/c1-9-8-12(7-5-11(9)14)6-3-4-10(2)13/h9,11,14H,3-8H2,1-2H3. The van der Waals surface area contributed by atoms with Crippen molar-refractivity contribution in [3.63, 3.8) is 0 Å². The minimum atomic E-state index is -0.126. The van der Waals surface area contributed by atoms with E-state index in [0.29, 0.717) is 12.3 Å². The Labute approximate surface area is 86.1 Å². The molecule has 0 aliphatic carbocycles. The maximum Gasteiger partial charge on any atom is 0.129 e. The van der Waals surface area contributed by atoms with Gasteiger partial charge >= 0.3 is 0 Å². The highest BCUT2D eigenvalue weighted by molar-refractivity contribution is 5.75. The lowest BCUT2D eigenvalue weighted by molar-refractivity contribution is -0.117. The van der Waals surface area contributed by atoms with Crippen molar-refractivity contribution in [3.8, 4) is 0 Å². The molecule has 1 aliphatic heterocycles. The number of carbonyl (C=O) groups is 1. The van der Waals surface area contributed by atoms with Crippen LogP contribution in [-0.2, 0) is 4.79 Å². The number of nitrogens with zero attached hydrogens (tertiary/aromatic N) is 1. The molecule has 1 N–H and O–H groups in total. The fraction of sp³-hybridized carbons (Fsp3) is 0.909. The van der Waals surface area contributed by atoms with Gasteiger partial charge in [-0.25, -0.2) is 0 Å². The summed E-state index contributed by atoms with van der Waals surface area (Å²) in [5.41, 5.74) is 0. The first-order chi connectivity index (χ1) is 6.59. The fourth-order valence-electron chi connectivity index (χ4n) is 1.97. The van der Waals surface area contributed by atoms with Crippen molar-refractivity contribution in [2.24, 2.45) is 5.92 Å². The first kappa shape index (κ1) is 11.7.